The fourth-order valence-corrected chi connectivity index (χ4v) is 20.6. The summed E-state index contributed by atoms with van der Waals surface area (Å²) >= 11 is 0. The molecule has 0 aliphatic heterocycles. The van der Waals surface area contributed by atoms with Gasteiger partial charge in [-0.15, -0.1) is 0 Å². The average Bonchev–Trinajstić information content (AvgIpc) is 2.69. The average molecular weight is 525 g/mol. The lowest BCUT2D eigenvalue weighted by atomic mass is 10.1. The summed E-state index contributed by atoms with van der Waals surface area (Å²) in [6.45, 7) is 16.3. The van der Waals surface area contributed by atoms with Gasteiger partial charge in [-0.2, -0.15) is 0 Å². The fraction of sp³-hybridized carbons (Fsp3) is 1.00. The van der Waals surface area contributed by atoms with Gasteiger partial charge in [0.2, 0.25) is 0 Å². The Morgan fingerprint density at radius 1 is 0.469 bits per heavy atom. The molecule has 0 heterocycles. The predicted octanol–water partition coefficient (Wildman–Crippen LogP) is 7.93. The number of hydrogen-bond donors (Lipinski definition) is 0. The highest BCUT2D eigenvalue weighted by molar-refractivity contribution is 6.87. The van der Waals surface area contributed by atoms with Crippen LogP contribution in [0.3, 0.4) is 0 Å². The summed E-state index contributed by atoms with van der Waals surface area (Å²) in [5.74, 6) is 0. The van der Waals surface area contributed by atoms with Crippen LogP contribution in [0.4, 0.5) is 0 Å². The van der Waals surface area contributed by atoms with E-state index in [0.29, 0.717) is 0 Å². The Hall–Kier alpha value is 0.668. The summed E-state index contributed by atoms with van der Waals surface area (Å²) < 4.78 is 30.1. The normalized spacial score (nSPS) is 13.7. The molecule has 0 atom stereocenters. The van der Waals surface area contributed by atoms with E-state index in [9.17, 15) is 0 Å². The Morgan fingerprint density at radius 3 is 1.19 bits per heavy atom. The first kappa shape index (κ1) is 32.7. The molecule has 0 saturated carbocycles. The molecule has 194 valence electrons. The summed E-state index contributed by atoms with van der Waals surface area (Å²) in [4.78, 5) is 0. The second kappa shape index (κ2) is 16.4. The summed E-state index contributed by atoms with van der Waals surface area (Å²) in [6, 6.07) is 3.35. The third-order valence-corrected chi connectivity index (χ3v) is 20.4. The van der Waals surface area contributed by atoms with Gasteiger partial charge in [-0.05, 0) is 57.8 Å². The van der Waals surface area contributed by atoms with Gasteiger partial charge in [0, 0.05) is 27.4 Å². The Bertz CT molecular complexity index is 463. The van der Waals surface area contributed by atoms with Gasteiger partial charge in [0.05, 0.1) is 0 Å². The quantitative estimate of drug-likeness (QED) is 0.113. The van der Waals surface area contributed by atoms with Crippen LogP contribution in [0, 0.1) is 0 Å². The van der Waals surface area contributed by atoms with Gasteiger partial charge >= 0.3 is 17.4 Å². The van der Waals surface area contributed by atoms with E-state index in [2.05, 4.69) is 46.2 Å². The predicted molar refractivity (Wildman–Crippen MR) is 148 cm³/mol. The highest BCUT2D eigenvalue weighted by Gasteiger charge is 2.39. The van der Waals surface area contributed by atoms with Gasteiger partial charge in [0.25, 0.3) is 0 Å². The molecule has 0 saturated heterocycles. The van der Waals surface area contributed by atoms with Crippen molar-refractivity contribution in [1.29, 1.82) is 0 Å². The smallest absolute Gasteiger partial charge is 0.437 e. The molecule has 0 rings (SSSR count). The lowest BCUT2D eigenvalue weighted by molar-refractivity contribution is 0.122. The van der Waals surface area contributed by atoms with Gasteiger partial charge in [-0.25, -0.2) is 0 Å². The van der Waals surface area contributed by atoms with Crippen LogP contribution < -0.4 is 0 Å². The van der Waals surface area contributed by atoms with Crippen LogP contribution in [0.1, 0.15) is 71.1 Å². The van der Waals surface area contributed by atoms with Crippen molar-refractivity contribution in [2.45, 2.75) is 129 Å². The molecule has 0 aromatic heterocycles. The summed E-state index contributed by atoms with van der Waals surface area (Å²) in [5.41, 5.74) is 0. The maximum absolute atomic E-state index is 6.77. The number of hydrogen-bond acceptors (Lipinski definition) is 5. The summed E-state index contributed by atoms with van der Waals surface area (Å²) in [5, 5.41) is 0. The second-order valence-electron chi connectivity index (χ2n) is 10.9. The molecule has 0 amide bonds. The Labute approximate surface area is 205 Å². The van der Waals surface area contributed by atoms with Crippen molar-refractivity contribution in [3.05, 3.63) is 0 Å². The lowest BCUT2D eigenvalue weighted by Crippen LogP contribution is -2.52. The molecule has 0 fully saturated rings. The standard InChI is InChI=1S/C23H56O5Si4/c1-11-12-13-14-15-18-21-29(5,6)27-31(9,10)28-30(7,8)22-19-16-17-20-23-32(24-2,25-3)26-4/h11-23H2,1-10H3. The molecule has 32 heavy (non-hydrogen) atoms. The monoisotopic (exact) mass is 524 g/mol. The number of unbranched alkanes of at least 4 members (excludes halogenated alkanes) is 8. The Kier molecular flexibility index (Phi) is 16.7. The first-order valence-corrected chi connectivity index (χ1v) is 23.9. The van der Waals surface area contributed by atoms with Crippen LogP contribution in [0.5, 0.6) is 0 Å². The van der Waals surface area contributed by atoms with E-state index >= 15 is 0 Å². The third kappa shape index (κ3) is 15.5. The van der Waals surface area contributed by atoms with Crippen molar-refractivity contribution in [2.24, 2.45) is 0 Å². The molecule has 0 aliphatic carbocycles. The van der Waals surface area contributed by atoms with Crippen molar-refractivity contribution in [3.8, 4) is 0 Å². The van der Waals surface area contributed by atoms with Crippen molar-refractivity contribution >= 4 is 34.0 Å². The van der Waals surface area contributed by atoms with E-state index in [4.69, 9.17) is 21.5 Å². The first-order chi connectivity index (χ1) is 14.9. The van der Waals surface area contributed by atoms with E-state index in [1.807, 2.05) is 0 Å². The van der Waals surface area contributed by atoms with Crippen molar-refractivity contribution in [2.75, 3.05) is 21.3 Å². The minimum atomic E-state index is -2.41. The van der Waals surface area contributed by atoms with Gasteiger partial charge in [0.1, 0.15) is 0 Å². The Balaban J connectivity index is 4.27. The van der Waals surface area contributed by atoms with E-state index in [0.717, 1.165) is 12.5 Å². The van der Waals surface area contributed by atoms with Gasteiger partial charge < -0.3 is 21.5 Å². The highest BCUT2D eigenvalue weighted by atomic mass is 28.5. The van der Waals surface area contributed by atoms with E-state index in [1.54, 1.807) is 21.3 Å². The SMILES string of the molecule is CCCCCCCC[Si](C)(C)O[Si](C)(C)O[Si](C)(C)CCCCCC[Si](OC)(OC)OC. The van der Waals surface area contributed by atoms with E-state index in [1.165, 1.54) is 69.9 Å². The molecule has 0 aromatic carbocycles. The van der Waals surface area contributed by atoms with Crippen molar-refractivity contribution in [3.63, 3.8) is 0 Å². The zero-order valence-corrected chi connectivity index (χ0v) is 27.2. The van der Waals surface area contributed by atoms with Crippen LogP contribution in [0.2, 0.25) is 57.4 Å². The molecule has 0 bridgehead atoms. The Morgan fingerprint density at radius 2 is 0.812 bits per heavy atom. The molecule has 0 spiro atoms. The molecule has 0 aliphatic rings. The molecule has 0 N–H and O–H groups in total. The van der Waals surface area contributed by atoms with Crippen LogP contribution in [-0.2, 0) is 21.5 Å². The first-order valence-electron chi connectivity index (χ1n) is 12.9. The van der Waals surface area contributed by atoms with Crippen molar-refractivity contribution in [1.82, 2.24) is 0 Å². The second-order valence-corrected chi connectivity index (χ2v) is 26.4. The molecule has 0 unspecified atom stereocenters. The zero-order valence-electron chi connectivity index (χ0n) is 23.2. The molecular weight excluding hydrogens is 469 g/mol. The fourth-order valence-electron chi connectivity index (χ4n) is 4.59. The third-order valence-electron chi connectivity index (χ3n) is 6.12. The van der Waals surface area contributed by atoms with Crippen LogP contribution in [0.15, 0.2) is 0 Å². The maximum Gasteiger partial charge on any atom is 0.500 e. The lowest BCUT2D eigenvalue weighted by Gasteiger charge is -2.39. The van der Waals surface area contributed by atoms with E-state index < -0.39 is 34.0 Å². The van der Waals surface area contributed by atoms with Gasteiger partial charge in [0.15, 0.2) is 16.6 Å². The van der Waals surface area contributed by atoms with Crippen LogP contribution in [-0.4, -0.2) is 55.3 Å². The largest absolute Gasteiger partial charge is 0.500 e. The minimum absolute atomic E-state index is 0.889. The molecule has 5 nitrogen and oxygen atoms in total. The molecule has 0 radical (unpaired) electrons. The summed E-state index contributed by atoms with van der Waals surface area (Å²) in [7, 11) is -2.80. The zero-order chi connectivity index (χ0) is 24.7. The minimum Gasteiger partial charge on any atom is -0.437 e. The number of rotatable bonds is 21. The van der Waals surface area contributed by atoms with Crippen molar-refractivity contribution < 1.29 is 21.5 Å². The summed E-state index contributed by atoms with van der Waals surface area (Å²) in [6.07, 6.45) is 12.8. The topological polar surface area (TPSA) is 46.2 Å². The molecule has 9 heteroatoms. The maximum atomic E-state index is 6.77. The highest BCUT2D eigenvalue weighted by Crippen LogP contribution is 2.27. The molecular formula is C23H56O5Si4. The van der Waals surface area contributed by atoms with Crippen LogP contribution >= 0.6 is 0 Å². The van der Waals surface area contributed by atoms with Gasteiger partial charge in [-0.3, -0.25) is 0 Å². The van der Waals surface area contributed by atoms with Crippen LogP contribution in [0.25, 0.3) is 0 Å². The molecule has 0 aromatic rings. The van der Waals surface area contributed by atoms with Gasteiger partial charge in [-0.1, -0.05) is 64.7 Å². The van der Waals surface area contributed by atoms with E-state index in [-0.39, 0.29) is 0 Å².